The van der Waals surface area contributed by atoms with E-state index in [1.807, 2.05) is 6.07 Å². The summed E-state index contributed by atoms with van der Waals surface area (Å²) in [5.41, 5.74) is 6.67. The molecule has 0 spiro atoms. The molecular formula is C26H30O3. The van der Waals surface area contributed by atoms with Crippen LogP contribution in [0.25, 0.3) is 11.6 Å². The van der Waals surface area contributed by atoms with Crippen molar-refractivity contribution < 1.29 is 14.3 Å². The Hall–Kier alpha value is -2.81. The summed E-state index contributed by atoms with van der Waals surface area (Å²) in [5, 5.41) is 0. The normalized spacial score (nSPS) is 15.3. The molecule has 152 valence electrons. The Labute approximate surface area is 174 Å². The standard InChI is InChI=1S/C26H30O3/c1-3-20-11-7-8-15-23(20)22-13-6-5-12-21-14-9-16-25(24(21)19-22)28-17-10-18-29-26(27)4-2/h4,7-9,11,14-16,19H,2-3,5-6,10,12-13,17-18H2,1H3/b22-19+. The number of hydrogen-bond donors (Lipinski definition) is 0. The van der Waals surface area contributed by atoms with Gasteiger partial charge in [-0.2, -0.15) is 0 Å². The predicted octanol–water partition coefficient (Wildman–Crippen LogP) is 6.01. The lowest BCUT2D eigenvalue weighted by atomic mass is 9.88. The van der Waals surface area contributed by atoms with Gasteiger partial charge in [0.2, 0.25) is 0 Å². The lowest BCUT2D eigenvalue weighted by molar-refractivity contribution is -0.137. The Bertz CT molecular complexity index is 879. The van der Waals surface area contributed by atoms with Gasteiger partial charge in [0, 0.05) is 18.1 Å². The van der Waals surface area contributed by atoms with E-state index < -0.39 is 5.97 Å². The highest BCUT2D eigenvalue weighted by Crippen LogP contribution is 2.34. The van der Waals surface area contributed by atoms with Gasteiger partial charge in [0.05, 0.1) is 13.2 Å². The topological polar surface area (TPSA) is 35.5 Å². The number of rotatable bonds is 8. The number of fused-ring (bicyclic) bond motifs is 1. The quantitative estimate of drug-likeness (QED) is 0.314. The zero-order valence-corrected chi connectivity index (χ0v) is 17.3. The van der Waals surface area contributed by atoms with Crippen LogP contribution in [-0.2, 0) is 22.4 Å². The summed E-state index contributed by atoms with van der Waals surface area (Å²) in [6, 6.07) is 15.0. The monoisotopic (exact) mass is 390 g/mol. The molecule has 0 unspecified atom stereocenters. The fourth-order valence-electron chi connectivity index (χ4n) is 3.80. The van der Waals surface area contributed by atoms with Crippen LogP contribution in [0.2, 0.25) is 0 Å². The summed E-state index contributed by atoms with van der Waals surface area (Å²) in [6.45, 7) is 6.46. The molecule has 0 bridgehead atoms. The molecule has 2 aromatic rings. The molecule has 3 heteroatoms. The van der Waals surface area contributed by atoms with E-state index >= 15 is 0 Å². The van der Waals surface area contributed by atoms with Crippen LogP contribution >= 0.6 is 0 Å². The van der Waals surface area contributed by atoms with Gasteiger partial charge in [-0.25, -0.2) is 4.79 Å². The third kappa shape index (κ3) is 5.60. The molecule has 2 aromatic carbocycles. The summed E-state index contributed by atoms with van der Waals surface area (Å²) in [5.74, 6) is 0.517. The van der Waals surface area contributed by atoms with E-state index in [9.17, 15) is 4.79 Å². The van der Waals surface area contributed by atoms with Gasteiger partial charge in [0.25, 0.3) is 0 Å². The first-order valence-electron chi connectivity index (χ1n) is 10.6. The number of ether oxygens (including phenoxy) is 2. The van der Waals surface area contributed by atoms with Crippen LogP contribution in [0, 0.1) is 0 Å². The molecule has 0 amide bonds. The molecule has 3 nitrogen and oxygen atoms in total. The first-order valence-corrected chi connectivity index (χ1v) is 10.6. The van der Waals surface area contributed by atoms with Crippen molar-refractivity contribution in [3.8, 4) is 5.75 Å². The highest BCUT2D eigenvalue weighted by atomic mass is 16.5. The first kappa shape index (κ1) is 20.9. The second kappa shape index (κ2) is 10.7. The fraction of sp³-hybridized carbons (Fsp3) is 0.346. The van der Waals surface area contributed by atoms with Gasteiger partial charge in [0.1, 0.15) is 5.75 Å². The zero-order chi connectivity index (χ0) is 20.5. The van der Waals surface area contributed by atoms with Crippen molar-refractivity contribution in [3.63, 3.8) is 0 Å². The second-order valence-electron chi connectivity index (χ2n) is 7.29. The number of benzene rings is 2. The van der Waals surface area contributed by atoms with Crippen molar-refractivity contribution in [1.29, 1.82) is 0 Å². The summed E-state index contributed by atoms with van der Waals surface area (Å²) in [4.78, 5) is 11.1. The van der Waals surface area contributed by atoms with E-state index in [4.69, 9.17) is 9.47 Å². The Morgan fingerprint density at radius 2 is 1.90 bits per heavy atom. The maximum atomic E-state index is 11.1. The van der Waals surface area contributed by atoms with E-state index in [0.717, 1.165) is 25.0 Å². The summed E-state index contributed by atoms with van der Waals surface area (Å²) >= 11 is 0. The molecule has 0 saturated heterocycles. The Morgan fingerprint density at radius 1 is 1.07 bits per heavy atom. The molecule has 0 atom stereocenters. The first-order chi connectivity index (χ1) is 14.2. The van der Waals surface area contributed by atoms with Crippen LogP contribution in [0.3, 0.4) is 0 Å². The molecule has 0 heterocycles. The van der Waals surface area contributed by atoms with Gasteiger partial charge in [0.15, 0.2) is 0 Å². The SMILES string of the molecule is C=CC(=O)OCCCOc1cccc2c1/C=C(/c1ccccc1CC)CCCC2. The van der Waals surface area contributed by atoms with Crippen molar-refractivity contribution >= 4 is 17.6 Å². The van der Waals surface area contributed by atoms with Crippen molar-refractivity contribution in [2.45, 2.75) is 45.4 Å². The van der Waals surface area contributed by atoms with Crippen LogP contribution in [0.1, 0.15) is 54.9 Å². The predicted molar refractivity (Wildman–Crippen MR) is 119 cm³/mol. The largest absolute Gasteiger partial charge is 0.493 e. The number of aryl methyl sites for hydroxylation is 2. The van der Waals surface area contributed by atoms with E-state index in [1.54, 1.807) is 0 Å². The maximum Gasteiger partial charge on any atom is 0.330 e. The average molecular weight is 391 g/mol. The van der Waals surface area contributed by atoms with Gasteiger partial charge in [-0.05, 0) is 66.5 Å². The number of esters is 1. The van der Waals surface area contributed by atoms with Crippen LogP contribution in [0.5, 0.6) is 5.75 Å². The molecule has 0 aliphatic heterocycles. The lowest BCUT2D eigenvalue weighted by Crippen LogP contribution is -2.08. The van der Waals surface area contributed by atoms with Gasteiger partial charge in [-0.1, -0.05) is 49.9 Å². The highest BCUT2D eigenvalue weighted by Gasteiger charge is 2.14. The van der Waals surface area contributed by atoms with E-state index in [2.05, 4.69) is 56.0 Å². The van der Waals surface area contributed by atoms with Crippen molar-refractivity contribution in [2.24, 2.45) is 0 Å². The van der Waals surface area contributed by atoms with Gasteiger partial charge < -0.3 is 9.47 Å². The smallest absolute Gasteiger partial charge is 0.330 e. The Morgan fingerprint density at radius 3 is 2.72 bits per heavy atom. The molecule has 0 saturated carbocycles. The minimum Gasteiger partial charge on any atom is -0.493 e. The molecular weight excluding hydrogens is 360 g/mol. The Kier molecular flexibility index (Phi) is 7.69. The molecule has 0 aromatic heterocycles. The molecule has 1 aliphatic carbocycles. The number of hydrogen-bond acceptors (Lipinski definition) is 3. The Balaban J connectivity index is 1.83. The molecule has 29 heavy (non-hydrogen) atoms. The molecule has 0 N–H and O–H groups in total. The molecule has 1 aliphatic rings. The van der Waals surface area contributed by atoms with Crippen molar-refractivity contribution in [2.75, 3.05) is 13.2 Å². The van der Waals surface area contributed by atoms with Crippen LogP contribution in [0.4, 0.5) is 0 Å². The van der Waals surface area contributed by atoms with E-state index in [-0.39, 0.29) is 0 Å². The fourth-order valence-corrected chi connectivity index (χ4v) is 3.80. The number of carbonyl (C=O) groups excluding carboxylic acids is 1. The van der Waals surface area contributed by atoms with Crippen LogP contribution < -0.4 is 4.74 Å². The van der Waals surface area contributed by atoms with Crippen molar-refractivity contribution in [3.05, 3.63) is 77.4 Å². The summed E-state index contributed by atoms with van der Waals surface area (Å²) in [6.07, 6.45) is 9.73. The third-order valence-electron chi connectivity index (χ3n) is 5.32. The maximum absolute atomic E-state index is 11.1. The average Bonchev–Trinajstić information content (AvgIpc) is 2.74. The van der Waals surface area contributed by atoms with Crippen molar-refractivity contribution in [1.82, 2.24) is 0 Å². The van der Waals surface area contributed by atoms with Crippen LogP contribution in [-0.4, -0.2) is 19.2 Å². The van der Waals surface area contributed by atoms with Gasteiger partial charge in [-0.15, -0.1) is 0 Å². The van der Waals surface area contributed by atoms with Crippen LogP contribution in [0.15, 0.2) is 55.1 Å². The minimum atomic E-state index is -0.392. The molecule has 3 rings (SSSR count). The lowest BCUT2D eigenvalue weighted by Gasteiger charge is -2.19. The molecule has 0 fully saturated rings. The summed E-state index contributed by atoms with van der Waals surface area (Å²) in [7, 11) is 0. The second-order valence-corrected chi connectivity index (χ2v) is 7.29. The highest BCUT2D eigenvalue weighted by molar-refractivity contribution is 5.85. The zero-order valence-electron chi connectivity index (χ0n) is 17.3. The summed E-state index contributed by atoms with van der Waals surface area (Å²) < 4.78 is 11.1. The van der Waals surface area contributed by atoms with Gasteiger partial charge in [-0.3, -0.25) is 0 Å². The molecule has 0 radical (unpaired) electrons. The van der Waals surface area contributed by atoms with Gasteiger partial charge >= 0.3 is 5.97 Å². The minimum absolute atomic E-state index is 0.338. The van der Waals surface area contributed by atoms with E-state index in [1.165, 1.54) is 46.7 Å². The van der Waals surface area contributed by atoms with E-state index in [0.29, 0.717) is 19.6 Å². The third-order valence-corrected chi connectivity index (χ3v) is 5.32. The number of allylic oxidation sites excluding steroid dienone is 1. The number of carbonyl (C=O) groups is 1.